The van der Waals surface area contributed by atoms with Gasteiger partial charge in [-0.05, 0) is 65.8 Å². The second-order valence-electron chi connectivity index (χ2n) is 4.68. The Morgan fingerprint density at radius 2 is 1.58 bits per heavy atom. The first-order valence-corrected chi connectivity index (χ1v) is 8.21. The molecule has 0 saturated carbocycles. The highest BCUT2D eigenvalue weighted by atomic mass is 127. The quantitative estimate of drug-likeness (QED) is 0.635. The van der Waals surface area contributed by atoms with E-state index in [4.69, 9.17) is 0 Å². The first-order chi connectivity index (χ1) is 9.08. The summed E-state index contributed by atoms with van der Waals surface area (Å²) >= 11 is 5.94. The SMILES string of the molecule is CC(N[C@@H](C)c1ccccc1Br)c1ccc(I)cc1. The number of benzene rings is 2. The minimum Gasteiger partial charge on any atom is -0.304 e. The van der Waals surface area contributed by atoms with E-state index in [9.17, 15) is 0 Å². The van der Waals surface area contributed by atoms with Gasteiger partial charge in [0.1, 0.15) is 0 Å². The molecule has 1 nitrogen and oxygen atoms in total. The molecule has 0 aliphatic carbocycles. The predicted molar refractivity (Wildman–Crippen MR) is 93.3 cm³/mol. The Kier molecular flexibility index (Phi) is 5.42. The Morgan fingerprint density at radius 3 is 2.21 bits per heavy atom. The average Bonchev–Trinajstić information content (AvgIpc) is 2.39. The standard InChI is InChI=1S/C16H17BrIN/c1-11(13-7-9-14(18)10-8-13)19-12(2)15-5-3-4-6-16(15)17/h3-12,19H,1-2H3/t11?,12-/m0/s1. The fourth-order valence-corrected chi connectivity index (χ4v) is 3.13. The van der Waals surface area contributed by atoms with Gasteiger partial charge in [-0.1, -0.05) is 46.3 Å². The number of hydrogen-bond acceptors (Lipinski definition) is 1. The number of nitrogens with one attached hydrogen (secondary N) is 1. The van der Waals surface area contributed by atoms with Gasteiger partial charge in [0.15, 0.2) is 0 Å². The van der Waals surface area contributed by atoms with Crippen molar-refractivity contribution in [2.75, 3.05) is 0 Å². The van der Waals surface area contributed by atoms with Gasteiger partial charge >= 0.3 is 0 Å². The summed E-state index contributed by atoms with van der Waals surface area (Å²) in [5.41, 5.74) is 2.61. The number of rotatable bonds is 4. The molecule has 0 fully saturated rings. The summed E-state index contributed by atoms with van der Waals surface area (Å²) < 4.78 is 2.43. The third-order valence-electron chi connectivity index (χ3n) is 3.24. The van der Waals surface area contributed by atoms with Crippen molar-refractivity contribution in [3.8, 4) is 0 Å². The van der Waals surface area contributed by atoms with E-state index >= 15 is 0 Å². The van der Waals surface area contributed by atoms with Crippen LogP contribution in [0.25, 0.3) is 0 Å². The first-order valence-electron chi connectivity index (χ1n) is 6.34. The topological polar surface area (TPSA) is 12.0 Å². The lowest BCUT2D eigenvalue weighted by atomic mass is 10.0. The van der Waals surface area contributed by atoms with Gasteiger partial charge in [0, 0.05) is 20.1 Å². The van der Waals surface area contributed by atoms with Gasteiger partial charge in [0.2, 0.25) is 0 Å². The molecule has 19 heavy (non-hydrogen) atoms. The van der Waals surface area contributed by atoms with Crippen molar-refractivity contribution < 1.29 is 0 Å². The highest BCUT2D eigenvalue weighted by Crippen LogP contribution is 2.25. The van der Waals surface area contributed by atoms with Crippen molar-refractivity contribution in [1.82, 2.24) is 5.32 Å². The highest BCUT2D eigenvalue weighted by molar-refractivity contribution is 14.1. The Morgan fingerprint density at radius 1 is 0.947 bits per heavy atom. The van der Waals surface area contributed by atoms with Crippen molar-refractivity contribution >= 4 is 38.5 Å². The normalized spacial score (nSPS) is 14.1. The van der Waals surface area contributed by atoms with Crippen molar-refractivity contribution in [2.24, 2.45) is 0 Å². The second kappa shape index (κ2) is 6.86. The lowest BCUT2D eigenvalue weighted by Crippen LogP contribution is -2.22. The molecule has 2 atom stereocenters. The van der Waals surface area contributed by atoms with Gasteiger partial charge in [-0.25, -0.2) is 0 Å². The van der Waals surface area contributed by atoms with E-state index < -0.39 is 0 Å². The fourth-order valence-electron chi connectivity index (χ4n) is 2.14. The molecule has 0 aliphatic rings. The predicted octanol–water partition coefficient (Wildman–Crippen LogP) is 5.47. The van der Waals surface area contributed by atoms with E-state index in [0.29, 0.717) is 12.1 Å². The molecule has 1 unspecified atom stereocenters. The van der Waals surface area contributed by atoms with Crippen molar-refractivity contribution in [3.05, 3.63) is 67.7 Å². The second-order valence-corrected chi connectivity index (χ2v) is 6.78. The molecule has 2 rings (SSSR count). The lowest BCUT2D eigenvalue weighted by molar-refractivity contribution is 0.493. The third-order valence-corrected chi connectivity index (χ3v) is 4.68. The maximum atomic E-state index is 3.64. The van der Waals surface area contributed by atoms with Gasteiger partial charge in [0.05, 0.1) is 0 Å². The Labute approximate surface area is 137 Å². The van der Waals surface area contributed by atoms with Crippen LogP contribution in [0.5, 0.6) is 0 Å². The molecule has 2 aromatic rings. The van der Waals surface area contributed by atoms with Crippen LogP contribution in [-0.2, 0) is 0 Å². The summed E-state index contributed by atoms with van der Waals surface area (Å²) in [6, 6.07) is 17.7. The molecule has 0 saturated heterocycles. The minimum atomic E-state index is 0.310. The van der Waals surface area contributed by atoms with E-state index in [1.165, 1.54) is 14.7 Å². The molecule has 100 valence electrons. The highest BCUT2D eigenvalue weighted by Gasteiger charge is 2.12. The summed E-state index contributed by atoms with van der Waals surface area (Å²) in [5, 5.41) is 3.64. The van der Waals surface area contributed by atoms with Crippen molar-refractivity contribution in [3.63, 3.8) is 0 Å². The van der Waals surface area contributed by atoms with Crippen LogP contribution in [0.15, 0.2) is 53.0 Å². The molecule has 0 aromatic heterocycles. The van der Waals surface area contributed by atoms with E-state index in [1.54, 1.807) is 0 Å². The zero-order chi connectivity index (χ0) is 13.8. The summed E-state index contributed by atoms with van der Waals surface area (Å²) in [6.07, 6.45) is 0. The van der Waals surface area contributed by atoms with Crippen LogP contribution >= 0.6 is 38.5 Å². The molecule has 0 heterocycles. The van der Waals surface area contributed by atoms with E-state index in [1.807, 2.05) is 6.07 Å². The zero-order valence-electron chi connectivity index (χ0n) is 11.0. The Bertz CT molecular complexity index is 539. The fraction of sp³-hybridized carbons (Fsp3) is 0.250. The van der Waals surface area contributed by atoms with Crippen LogP contribution in [0.1, 0.15) is 37.1 Å². The molecule has 2 aromatic carbocycles. The van der Waals surface area contributed by atoms with Gasteiger partial charge in [0.25, 0.3) is 0 Å². The van der Waals surface area contributed by atoms with Crippen LogP contribution in [0.3, 0.4) is 0 Å². The molecule has 3 heteroatoms. The monoisotopic (exact) mass is 429 g/mol. The smallest absolute Gasteiger partial charge is 0.0308 e. The van der Waals surface area contributed by atoms with Gasteiger partial charge in [-0.3, -0.25) is 0 Å². The Hall–Kier alpha value is -0.390. The van der Waals surface area contributed by atoms with Gasteiger partial charge in [-0.15, -0.1) is 0 Å². The van der Waals surface area contributed by atoms with Crippen LogP contribution in [0.2, 0.25) is 0 Å². The zero-order valence-corrected chi connectivity index (χ0v) is 14.8. The van der Waals surface area contributed by atoms with Crippen molar-refractivity contribution in [1.29, 1.82) is 0 Å². The van der Waals surface area contributed by atoms with Gasteiger partial charge in [-0.2, -0.15) is 0 Å². The first kappa shape index (κ1) is 15.0. The number of hydrogen-bond donors (Lipinski definition) is 1. The summed E-state index contributed by atoms with van der Waals surface area (Å²) in [7, 11) is 0. The minimum absolute atomic E-state index is 0.310. The third kappa shape index (κ3) is 4.04. The van der Waals surface area contributed by atoms with Crippen LogP contribution in [0.4, 0.5) is 0 Å². The van der Waals surface area contributed by atoms with E-state index in [2.05, 4.69) is 100 Å². The van der Waals surface area contributed by atoms with Crippen LogP contribution < -0.4 is 5.32 Å². The largest absolute Gasteiger partial charge is 0.304 e. The summed E-state index contributed by atoms with van der Waals surface area (Å²) in [4.78, 5) is 0. The molecule has 0 aliphatic heterocycles. The Balaban J connectivity index is 2.08. The van der Waals surface area contributed by atoms with E-state index in [0.717, 1.165) is 4.47 Å². The van der Waals surface area contributed by atoms with E-state index in [-0.39, 0.29) is 0 Å². The number of halogens is 2. The maximum Gasteiger partial charge on any atom is 0.0308 e. The summed E-state index contributed by atoms with van der Waals surface area (Å²) in [6.45, 7) is 4.40. The molecule has 0 spiro atoms. The molecule has 1 N–H and O–H groups in total. The average molecular weight is 430 g/mol. The van der Waals surface area contributed by atoms with Crippen LogP contribution in [0, 0.1) is 3.57 Å². The molecule has 0 bridgehead atoms. The lowest BCUT2D eigenvalue weighted by Gasteiger charge is -2.21. The molecular formula is C16H17BrIN. The van der Waals surface area contributed by atoms with Crippen LogP contribution in [-0.4, -0.2) is 0 Å². The molecule has 0 radical (unpaired) electrons. The van der Waals surface area contributed by atoms with Crippen molar-refractivity contribution in [2.45, 2.75) is 25.9 Å². The van der Waals surface area contributed by atoms with Gasteiger partial charge < -0.3 is 5.32 Å². The summed E-state index contributed by atoms with van der Waals surface area (Å²) in [5.74, 6) is 0. The molecule has 0 amide bonds. The molecular weight excluding hydrogens is 413 g/mol. The maximum absolute atomic E-state index is 3.64.